The molecule has 0 saturated carbocycles. The van der Waals surface area contributed by atoms with Crippen molar-refractivity contribution in [1.29, 1.82) is 0 Å². The molecular formula is C30H30BrClFN3O4S. The maximum atomic E-state index is 14.4. The van der Waals surface area contributed by atoms with Crippen LogP contribution in [0.2, 0.25) is 5.02 Å². The summed E-state index contributed by atoms with van der Waals surface area (Å²) in [5, 5.41) is 3.07. The number of primary amides is 1. The molecule has 2 amide bonds. The molecule has 3 N–H and O–H groups in total. The Bertz CT molecular complexity index is 1580. The number of nitrogens with two attached hydrogens (primary N) is 1. The van der Waals surface area contributed by atoms with Crippen molar-refractivity contribution in [3.8, 4) is 0 Å². The highest BCUT2D eigenvalue weighted by molar-refractivity contribution is 9.10. The zero-order valence-corrected chi connectivity index (χ0v) is 25.6. The first-order valence-corrected chi connectivity index (χ1v) is 15.6. The molecule has 0 spiro atoms. The Hall–Kier alpha value is -3.05. The van der Waals surface area contributed by atoms with Gasteiger partial charge in [-0.25, -0.2) is 12.8 Å². The molecule has 1 aliphatic heterocycles. The molecular weight excluding hydrogens is 633 g/mol. The van der Waals surface area contributed by atoms with E-state index >= 15 is 0 Å². The smallest absolute Gasteiger partial charge is 0.249 e. The second-order valence-electron chi connectivity index (χ2n) is 10.3. The van der Waals surface area contributed by atoms with Gasteiger partial charge in [0, 0.05) is 15.1 Å². The van der Waals surface area contributed by atoms with Crippen molar-refractivity contribution in [2.75, 3.05) is 0 Å². The summed E-state index contributed by atoms with van der Waals surface area (Å²) in [7, 11) is -4.33. The van der Waals surface area contributed by atoms with E-state index in [1.54, 1.807) is 36.4 Å². The lowest BCUT2D eigenvalue weighted by Crippen LogP contribution is -2.49. The fourth-order valence-electron chi connectivity index (χ4n) is 4.98. The monoisotopic (exact) mass is 661 g/mol. The molecule has 3 aromatic carbocycles. The normalized spacial score (nSPS) is 18.5. The molecule has 0 bridgehead atoms. The zero-order chi connectivity index (χ0) is 29.9. The molecule has 1 aliphatic rings. The fourth-order valence-corrected chi connectivity index (χ4v) is 7.38. The lowest BCUT2D eigenvalue weighted by molar-refractivity contribution is -0.126. The number of rotatable bonds is 9. The Balaban J connectivity index is 1.93. The first-order valence-electron chi connectivity index (χ1n) is 13.0. The number of nitrogens with zero attached hydrogens (tertiary/aromatic N) is 1. The van der Waals surface area contributed by atoms with Crippen molar-refractivity contribution < 1.29 is 22.4 Å². The first-order chi connectivity index (χ1) is 19.4. The van der Waals surface area contributed by atoms with Crippen LogP contribution in [0.25, 0.3) is 0 Å². The van der Waals surface area contributed by atoms with Crippen LogP contribution >= 0.6 is 27.5 Å². The van der Waals surface area contributed by atoms with E-state index in [4.69, 9.17) is 17.3 Å². The van der Waals surface area contributed by atoms with Crippen LogP contribution in [0.4, 0.5) is 4.39 Å². The number of carbonyl (C=O) groups excluding carboxylic acids is 2. The van der Waals surface area contributed by atoms with E-state index in [0.29, 0.717) is 22.6 Å². The Morgan fingerprint density at radius 1 is 1.07 bits per heavy atom. The number of carbonyl (C=O) groups is 2. The van der Waals surface area contributed by atoms with Crippen molar-refractivity contribution in [2.45, 2.75) is 49.7 Å². The summed E-state index contributed by atoms with van der Waals surface area (Å²) in [5.41, 5.74) is 6.85. The second-order valence-corrected chi connectivity index (χ2v) is 13.5. The largest absolute Gasteiger partial charge is 0.368 e. The predicted octanol–water partition coefficient (Wildman–Crippen LogP) is 6.06. The Morgan fingerprint density at radius 3 is 2.34 bits per heavy atom. The number of hydrogen-bond acceptors (Lipinski definition) is 4. The molecule has 0 aliphatic carbocycles. The van der Waals surface area contributed by atoms with Crippen LogP contribution < -0.4 is 11.1 Å². The highest BCUT2D eigenvalue weighted by atomic mass is 79.9. The molecule has 3 aromatic rings. The van der Waals surface area contributed by atoms with Gasteiger partial charge in [0.1, 0.15) is 11.9 Å². The minimum Gasteiger partial charge on any atom is -0.368 e. The zero-order valence-electron chi connectivity index (χ0n) is 22.4. The van der Waals surface area contributed by atoms with E-state index in [2.05, 4.69) is 21.2 Å². The van der Waals surface area contributed by atoms with Gasteiger partial charge in [0.15, 0.2) is 0 Å². The Kier molecular flexibility index (Phi) is 9.69. The highest BCUT2D eigenvalue weighted by Gasteiger charge is 2.45. The van der Waals surface area contributed by atoms with Crippen LogP contribution in [-0.2, 0) is 19.6 Å². The molecule has 216 valence electrons. The third kappa shape index (κ3) is 7.06. The van der Waals surface area contributed by atoms with E-state index in [1.165, 1.54) is 16.4 Å². The van der Waals surface area contributed by atoms with Crippen LogP contribution in [0.3, 0.4) is 0 Å². The van der Waals surface area contributed by atoms with E-state index < -0.39 is 45.8 Å². The summed E-state index contributed by atoms with van der Waals surface area (Å²) in [4.78, 5) is 25.9. The molecule has 0 aromatic heterocycles. The number of amides is 2. The summed E-state index contributed by atoms with van der Waals surface area (Å²) < 4.78 is 44.6. The number of sulfonamides is 1. The van der Waals surface area contributed by atoms with Gasteiger partial charge in [-0.2, -0.15) is 4.31 Å². The van der Waals surface area contributed by atoms with Gasteiger partial charge in [0.2, 0.25) is 21.8 Å². The first kappa shape index (κ1) is 30.9. The van der Waals surface area contributed by atoms with Crippen LogP contribution in [0.15, 0.2) is 93.8 Å². The molecule has 1 heterocycles. The minimum atomic E-state index is -4.33. The molecule has 3 atom stereocenters. The van der Waals surface area contributed by atoms with Crippen molar-refractivity contribution in [1.82, 2.24) is 9.62 Å². The molecule has 41 heavy (non-hydrogen) atoms. The molecule has 7 nitrogen and oxygen atoms in total. The predicted molar refractivity (Wildman–Crippen MR) is 160 cm³/mol. The highest BCUT2D eigenvalue weighted by Crippen LogP contribution is 2.46. The van der Waals surface area contributed by atoms with Crippen molar-refractivity contribution in [2.24, 2.45) is 11.7 Å². The quantitative estimate of drug-likeness (QED) is 0.290. The van der Waals surface area contributed by atoms with E-state index in [9.17, 15) is 22.4 Å². The second kappa shape index (κ2) is 12.9. The van der Waals surface area contributed by atoms with Crippen molar-refractivity contribution in [3.05, 3.63) is 111 Å². The van der Waals surface area contributed by atoms with Crippen LogP contribution in [-0.4, -0.2) is 30.6 Å². The lowest BCUT2D eigenvalue weighted by atomic mass is 9.88. The van der Waals surface area contributed by atoms with E-state index in [0.717, 1.165) is 16.6 Å². The summed E-state index contributed by atoms with van der Waals surface area (Å²) in [6.07, 6.45) is 2.16. The number of nitrogens with one attached hydrogen (secondary N) is 1. The fraction of sp³-hybridized carbons (Fsp3) is 0.267. The van der Waals surface area contributed by atoms with Gasteiger partial charge in [0.05, 0.1) is 17.0 Å². The van der Waals surface area contributed by atoms with Gasteiger partial charge in [-0.3, -0.25) is 9.59 Å². The Labute approximate surface area is 252 Å². The molecule has 0 radical (unpaired) electrons. The van der Waals surface area contributed by atoms with E-state index in [1.807, 2.05) is 32.0 Å². The summed E-state index contributed by atoms with van der Waals surface area (Å²) in [6, 6.07) is 15.6. The summed E-state index contributed by atoms with van der Waals surface area (Å²) in [6.45, 7) is 3.80. The van der Waals surface area contributed by atoms with Crippen LogP contribution in [0.5, 0.6) is 0 Å². The SMILES string of the molecule is CC(C)CC(NC(=O)C1=CCC(c2cccc(Br)c2)N(S(=O)(=O)c2ccc(F)cc2)C1c1cccc(Cl)c1)C(N)=O. The minimum absolute atomic E-state index is 0.0631. The molecule has 0 fully saturated rings. The van der Waals surface area contributed by atoms with Crippen LogP contribution in [0.1, 0.15) is 49.9 Å². The number of hydrogen-bond donors (Lipinski definition) is 2. The average Bonchev–Trinajstić information content (AvgIpc) is 2.91. The molecule has 0 saturated heterocycles. The molecule has 4 rings (SSSR count). The summed E-state index contributed by atoms with van der Waals surface area (Å²) >= 11 is 9.81. The third-order valence-corrected chi connectivity index (χ3v) is 9.44. The average molecular weight is 663 g/mol. The van der Waals surface area contributed by atoms with Crippen molar-refractivity contribution in [3.63, 3.8) is 0 Å². The maximum Gasteiger partial charge on any atom is 0.249 e. The summed E-state index contributed by atoms with van der Waals surface area (Å²) in [5.74, 6) is -1.83. The topological polar surface area (TPSA) is 110 Å². The van der Waals surface area contributed by atoms with Gasteiger partial charge < -0.3 is 11.1 Å². The van der Waals surface area contributed by atoms with Gasteiger partial charge >= 0.3 is 0 Å². The lowest BCUT2D eigenvalue weighted by Gasteiger charge is -2.41. The third-order valence-electron chi connectivity index (χ3n) is 6.82. The number of benzene rings is 3. The maximum absolute atomic E-state index is 14.4. The molecule has 3 unspecified atom stereocenters. The van der Waals surface area contributed by atoms with Gasteiger partial charge in [0.25, 0.3) is 0 Å². The Morgan fingerprint density at radius 2 is 1.73 bits per heavy atom. The standard InChI is InChI=1S/C30H30BrClFN3O4S/c1-18(2)15-26(29(34)37)35-30(38)25-13-14-27(19-5-3-7-21(31)16-19)36(28(25)20-6-4-8-22(32)17-20)41(39,40)24-11-9-23(33)10-12-24/h3-13,16-18,26-28H,14-15H2,1-2H3,(H2,34,37)(H,35,38). The molecule has 11 heteroatoms. The van der Waals surface area contributed by atoms with Gasteiger partial charge in [-0.05, 0) is 78.4 Å². The van der Waals surface area contributed by atoms with Crippen molar-refractivity contribution >= 4 is 49.4 Å². The van der Waals surface area contributed by atoms with Gasteiger partial charge in [-0.1, -0.05) is 71.7 Å². The van der Waals surface area contributed by atoms with Crippen LogP contribution in [0, 0.1) is 11.7 Å². The number of halogens is 3. The van der Waals surface area contributed by atoms with Gasteiger partial charge in [-0.15, -0.1) is 0 Å². The van der Waals surface area contributed by atoms with E-state index in [-0.39, 0.29) is 22.8 Å².